The molecule has 1 aliphatic rings. The molecule has 1 aliphatic heterocycles. The average molecular weight is 113 g/mol. The van der Waals surface area contributed by atoms with E-state index in [1.165, 1.54) is 0 Å². The number of rotatable bonds is 0. The van der Waals surface area contributed by atoms with E-state index in [4.69, 9.17) is 0 Å². The van der Waals surface area contributed by atoms with Crippen molar-refractivity contribution in [2.45, 2.75) is 6.42 Å². The van der Waals surface area contributed by atoms with Gasteiger partial charge in [0.2, 0.25) is 0 Å². The lowest BCUT2D eigenvalue weighted by Gasteiger charge is -1.84. The van der Waals surface area contributed by atoms with Gasteiger partial charge in [0.1, 0.15) is 6.54 Å². The Hall–Kier alpha value is -1.13. The highest BCUT2D eigenvalue weighted by Crippen LogP contribution is 1.96. The summed E-state index contributed by atoms with van der Waals surface area (Å²) < 4.78 is 0. The number of nitrogens with zero attached hydrogens (tertiary/aromatic N) is 2. The van der Waals surface area contributed by atoms with Gasteiger partial charge in [-0.25, -0.2) is 5.43 Å². The van der Waals surface area contributed by atoms with Crippen molar-refractivity contribution >= 4 is 5.84 Å². The molecule has 8 heavy (non-hydrogen) atoms. The summed E-state index contributed by atoms with van der Waals surface area (Å²) in [5, 5.41) is 13.1. The van der Waals surface area contributed by atoms with Gasteiger partial charge in [-0.15, -0.1) is 0 Å². The van der Waals surface area contributed by atoms with E-state index in [0.717, 1.165) is 0 Å². The van der Waals surface area contributed by atoms with Crippen LogP contribution in [0.4, 0.5) is 0 Å². The van der Waals surface area contributed by atoms with Gasteiger partial charge in [-0.05, 0) is 4.92 Å². The predicted molar refractivity (Wildman–Crippen MR) is 25.4 cm³/mol. The van der Waals surface area contributed by atoms with Crippen LogP contribution in [0.5, 0.6) is 0 Å². The van der Waals surface area contributed by atoms with Gasteiger partial charge in [0.25, 0.3) is 0 Å². The zero-order valence-electron chi connectivity index (χ0n) is 3.92. The van der Waals surface area contributed by atoms with Crippen molar-refractivity contribution in [3.8, 4) is 0 Å². The Labute approximate surface area is 45.5 Å². The molecule has 0 aromatic rings. The molecule has 5 nitrogen and oxygen atoms in total. The van der Waals surface area contributed by atoms with E-state index in [1.54, 1.807) is 0 Å². The maximum atomic E-state index is 9.80. The minimum atomic E-state index is -0.535. The highest BCUT2D eigenvalue weighted by molar-refractivity contribution is 5.76. The third-order valence-corrected chi connectivity index (χ3v) is 0.721. The number of hydrogen-bond acceptors (Lipinski definition) is 4. The summed E-state index contributed by atoms with van der Waals surface area (Å²) >= 11 is 0. The van der Waals surface area contributed by atoms with Gasteiger partial charge >= 0.3 is 5.84 Å². The molecule has 0 amide bonds. The monoisotopic (exact) mass is 113 g/mol. The molecule has 1 N–H and O–H groups in total. The standard InChI is InChI=1S/C3H3N3O2/c7-6(8)3-1-2-4-5-3/h4H,1H2. The molecule has 0 saturated heterocycles. The Bertz CT molecular complexity index is 141. The number of nitrogens with one attached hydrogen (secondary N) is 1. The van der Waals surface area contributed by atoms with Gasteiger partial charge in [-0.2, -0.15) is 0 Å². The largest absolute Gasteiger partial charge is 0.366 e. The Kier molecular flexibility index (Phi) is 1.11. The first-order valence-electron chi connectivity index (χ1n) is 1.99. The van der Waals surface area contributed by atoms with Crippen molar-refractivity contribution in [1.82, 2.24) is 5.43 Å². The molecule has 0 unspecified atom stereocenters. The molecule has 0 saturated carbocycles. The fourth-order valence-corrected chi connectivity index (χ4v) is 0.368. The van der Waals surface area contributed by atoms with Crippen LogP contribution in [0.2, 0.25) is 0 Å². The molecule has 1 heterocycles. The minimum absolute atomic E-state index is 0.0787. The van der Waals surface area contributed by atoms with Gasteiger partial charge in [0.05, 0.1) is 6.42 Å². The fourth-order valence-electron chi connectivity index (χ4n) is 0.368. The molecule has 1 rings (SSSR count). The average Bonchev–Trinajstić information content (AvgIpc) is 2.12. The van der Waals surface area contributed by atoms with E-state index >= 15 is 0 Å². The van der Waals surface area contributed by atoms with Gasteiger partial charge in [-0.1, -0.05) is 0 Å². The number of hydrazone groups is 1. The molecular formula is C3H3N3O2. The normalized spacial score (nSPS) is 17.2. The lowest BCUT2D eigenvalue weighted by Crippen LogP contribution is -2.07. The first-order chi connectivity index (χ1) is 3.80. The second kappa shape index (κ2) is 1.77. The molecule has 0 aromatic heterocycles. The quantitative estimate of drug-likeness (QED) is 0.343. The molecule has 42 valence electrons. The van der Waals surface area contributed by atoms with Crippen LogP contribution in [-0.2, 0) is 0 Å². The first kappa shape index (κ1) is 5.02. The zero-order valence-corrected chi connectivity index (χ0v) is 3.92. The molecule has 0 aromatic carbocycles. The van der Waals surface area contributed by atoms with Crippen molar-refractivity contribution in [1.29, 1.82) is 0 Å². The summed E-state index contributed by atoms with van der Waals surface area (Å²) in [4.78, 5) is 9.26. The molecule has 0 fully saturated rings. The lowest BCUT2D eigenvalue weighted by atomic mass is 10.4. The smallest absolute Gasteiger partial charge is 0.358 e. The van der Waals surface area contributed by atoms with Crippen molar-refractivity contribution in [2.75, 3.05) is 0 Å². The Morgan fingerprint density at radius 3 is 3.00 bits per heavy atom. The SMILES string of the molecule is O=[N+]([O-])C1=NN[C]C1. The van der Waals surface area contributed by atoms with E-state index in [2.05, 4.69) is 17.1 Å². The molecule has 0 spiro atoms. The topological polar surface area (TPSA) is 67.5 Å². The van der Waals surface area contributed by atoms with Crippen molar-refractivity contribution < 1.29 is 4.92 Å². The summed E-state index contributed by atoms with van der Waals surface area (Å²) in [7, 11) is 0. The van der Waals surface area contributed by atoms with Gasteiger partial charge < -0.3 is 10.1 Å². The van der Waals surface area contributed by atoms with E-state index in [0.29, 0.717) is 0 Å². The van der Waals surface area contributed by atoms with Crippen molar-refractivity contribution in [3.63, 3.8) is 0 Å². The van der Waals surface area contributed by atoms with Crippen LogP contribution >= 0.6 is 0 Å². The molecule has 2 radical (unpaired) electrons. The second-order valence-electron chi connectivity index (χ2n) is 1.25. The Balaban J connectivity index is 2.57. The molecular weight excluding hydrogens is 110 g/mol. The van der Waals surface area contributed by atoms with E-state index in [1.807, 2.05) is 0 Å². The zero-order chi connectivity index (χ0) is 5.98. The second-order valence-corrected chi connectivity index (χ2v) is 1.25. The van der Waals surface area contributed by atoms with E-state index in [-0.39, 0.29) is 12.3 Å². The lowest BCUT2D eigenvalue weighted by molar-refractivity contribution is -0.352. The number of hydrogen-bond donors (Lipinski definition) is 1. The van der Waals surface area contributed by atoms with E-state index in [9.17, 15) is 10.1 Å². The van der Waals surface area contributed by atoms with E-state index < -0.39 is 4.92 Å². The summed E-state index contributed by atoms with van der Waals surface area (Å²) in [6, 6.07) is 0. The van der Waals surface area contributed by atoms with Gasteiger partial charge in [0.15, 0.2) is 0 Å². The highest BCUT2D eigenvalue weighted by Gasteiger charge is 2.18. The van der Waals surface area contributed by atoms with Crippen LogP contribution in [0, 0.1) is 16.7 Å². The maximum Gasteiger partial charge on any atom is 0.366 e. The first-order valence-corrected chi connectivity index (χ1v) is 1.99. The van der Waals surface area contributed by atoms with Gasteiger partial charge in [0, 0.05) is 5.10 Å². The summed E-state index contributed by atoms with van der Waals surface area (Å²) in [5.74, 6) is -0.0787. The van der Waals surface area contributed by atoms with Crippen LogP contribution in [0.1, 0.15) is 6.42 Å². The van der Waals surface area contributed by atoms with Gasteiger partial charge in [-0.3, -0.25) is 0 Å². The van der Waals surface area contributed by atoms with Crippen LogP contribution in [-0.4, -0.2) is 10.8 Å². The fraction of sp³-hybridized carbons (Fsp3) is 0.333. The summed E-state index contributed by atoms with van der Waals surface area (Å²) in [6.07, 6.45) is 0.188. The third-order valence-electron chi connectivity index (χ3n) is 0.721. The Morgan fingerprint density at radius 1 is 2.00 bits per heavy atom. The van der Waals surface area contributed by atoms with Crippen LogP contribution in [0.25, 0.3) is 0 Å². The summed E-state index contributed by atoms with van der Waals surface area (Å²) in [6.45, 7) is 2.46. The minimum Gasteiger partial charge on any atom is -0.358 e. The van der Waals surface area contributed by atoms with Crippen molar-refractivity contribution in [2.24, 2.45) is 5.10 Å². The molecule has 0 bridgehead atoms. The molecule has 0 aliphatic carbocycles. The molecule has 5 heteroatoms. The third kappa shape index (κ3) is 0.749. The number of nitro groups is 1. The predicted octanol–water partition coefficient (Wildman–Crippen LogP) is -0.391. The summed E-state index contributed by atoms with van der Waals surface area (Å²) in [5.41, 5.74) is 2.25. The van der Waals surface area contributed by atoms with Crippen LogP contribution < -0.4 is 5.43 Å². The molecule has 0 atom stereocenters. The van der Waals surface area contributed by atoms with Crippen LogP contribution in [0.15, 0.2) is 5.10 Å². The number of amidine groups is 1. The highest BCUT2D eigenvalue weighted by atomic mass is 16.6. The van der Waals surface area contributed by atoms with Crippen molar-refractivity contribution in [3.05, 3.63) is 16.7 Å². The van der Waals surface area contributed by atoms with Crippen LogP contribution in [0.3, 0.4) is 0 Å². The maximum absolute atomic E-state index is 9.80. The Morgan fingerprint density at radius 2 is 2.75 bits per heavy atom.